The molecular weight excluding hydrogens is 355 g/mol. The van der Waals surface area contributed by atoms with Crippen molar-refractivity contribution in [2.45, 2.75) is 40.5 Å². The lowest BCUT2D eigenvalue weighted by molar-refractivity contribution is 0.488. The maximum absolute atomic E-state index is 14.5. The first-order valence-corrected chi connectivity index (χ1v) is 8.81. The molecule has 0 aliphatic heterocycles. The third-order valence-electron chi connectivity index (χ3n) is 3.70. The van der Waals surface area contributed by atoms with Crippen LogP contribution in [-0.2, 0) is 6.42 Å². The van der Waals surface area contributed by atoms with E-state index in [4.69, 9.17) is 4.42 Å². The Bertz CT molecular complexity index is 898. The maximum atomic E-state index is 14.5. The zero-order valence-electron chi connectivity index (χ0n) is 15.7. The molecule has 2 aromatic rings. The number of anilines is 1. The minimum absolute atomic E-state index is 0.0200. The summed E-state index contributed by atoms with van der Waals surface area (Å²) < 4.78 is 48.0. The number of aromatic nitrogens is 2. The number of hydrogen-bond acceptors (Lipinski definition) is 4. The number of hydrogen-bond donors (Lipinski definition) is 1. The summed E-state index contributed by atoms with van der Waals surface area (Å²) in [7, 11) is 0. The van der Waals surface area contributed by atoms with Crippen LogP contribution in [0.5, 0.6) is 0 Å². The summed E-state index contributed by atoms with van der Waals surface area (Å²) in [4.78, 5) is 0. The Morgan fingerprint density at radius 3 is 2.48 bits per heavy atom. The van der Waals surface area contributed by atoms with Gasteiger partial charge in [0.2, 0.25) is 11.8 Å². The maximum Gasteiger partial charge on any atom is 0.249 e. The van der Waals surface area contributed by atoms with Gasteiger partial charge in [-0.05, 0) is 37.1 Å². The highest BCUT2D eigenvalue weighted by Gasteiger charge is 2.24. The van der Waals surface area contributed by atoms with Crippen molar-refractivity contribution in [1.82, 2.24) is 10.2 Å². The zero-order chi connectivity index (χ0) is 20.0. The van der Waals surface area contributed by atoms with Crippen LogP contribution in [0, 0.1) is 12.7 Å². The van der Waals surface area contributed by atoms with Crippen LogP contribution in [0.25, 0.3) is 5.57 Å². The summed E-state index contributed by atoms with van der Waals surface area (Å²) in [6, 6.07) is 4.42. The molecule has 1 aliphatic carbocycles. The van der Waals surface area contributed by atoms with Crippen LogP contribution in [0.1, 0.15) is 44.5 Å². The van der Waals surface area contributed by atoms with Gasteiger partial charge in [0.25, 0.3) is 0 Å². The number of allylic oxidation sites excluding steroid dienone is 5. The van der Waals surface area contributed by atoms with Gasteiger partial charge >= 0.3 is 0 Å². The Kier molecular flexibility index (Phi) is 6.98. The van der Waals surface area contributed by atoms with E-state index in [2.05, 4.69) is 15.5 Å². The van der Waals surface area contributed by atoms with Crippen LogP contribution >= 0.6 is 0 Å². The molecule has 0 atom stereocenters. The van der Waals surface area contributed by atoms with Crippen molar-refractivity contribution in [2.75, 3.05) is 5.32 Å². The van der Waals surface area contributed by atoms with E-state index in [0.29, 0.717) is 17.9 Å². The minimum Gasteiger partial charge on any atom is -0.421 e. The number of nitrogens with one attached hydrogen (secondary N) is 1. The first-order valence-electron chi connectivity index (χ1n) is 8.81. The van der Waals surface area contributed by atoms with Crippen LogP contribution in [0.4, 0.5) is 18.9 Å². The Labute approximate surface area is 156 Å². The van der Waals surface area contributed by atoms with E-state index in [9.17, 15) is 13.2 Å². The fourth-order valence-corrected chi connectivity index (χ4v) is 2.39. The van der Waals surface area contributed by atoms with Crippen LogP contribution in [0.3, 0.4) is 0 Å². The van der Waals surface area contributed by atoms with E-state index in [1.165, 1.54) is 12.1 Å². The van der Waals surface area contributed by atoms with Crippen LogP contribution in [-0.4, -0.2) is 10.2 Å². The van der Waals surface area contributed by atoms with Gasteiger partial charge in [0.15, 0.2) is 11.7 Å². The molecule has 144 valence electrons. The van der Waals surface area contributed by atoms with E-state index in [0.717, 1.165) is 6.08 Å². The minimum atomic E-state index is -1.14. The summed E-state index contributed by atoms with van der Waals surface area (Å²) in [6.07, 6.45) is 3.29. The highest BCUT2D eigenvalue weighted by molar-refractivity contribution is 5.81. The third kappa shape index (κ3) is 4.67. The van der Waals surface area contributed by atoms with Crippen molar-refractivity contribution in [2.24, 2.45) is 0 Å². The molecule has 0 spiro atoms. The molecule has 0 saturated carbocycles. The van der Waals surface area contributed by atoms with E-state index in [1.807, 2.05) is 20.8 Å². The number of aryl methyl sites for hydroxylation is 2. The van der Waals surface area contributed by atoms with Gasteiger partial charge < -0.3 is 9.73 Å². The predicted molar refractivity (Wildman–Crippen MR) is 99.7 cm³/mol. The Hall–Kier alpha value is -2.83. The molecular formula is C20H22F3N3O. The summed E-state index contributed by atoms with van der Waals surface area (Å²) >= 11 is 0. The molecule has 1 aromatic carbocycles. The lowest BCUT2D eigenvalue weighted by Gasteiger charge is -2.13. The topological polar surface area (TPSA) is 51.0 Å². The quantitative estimate of drug-likeness (QED) is 0.706. The SMILES string of the molecule is CC.CCc1nnc(C2=CCC=C(F)C(F)=C2Nc2ccc(C)cc2F)o1. The normalized spacial score (nSPS) is 14.0. The molecule has 0 bridgehead atoms. The van der Waals surface area contributed by atoms with Gasteiger partial charge in [0.05, 0.1) is 17.0 Å². The Morgan fingerprint density at radius 2 is 1.85 bits per heavy atom. The summed E-state index contributed by atoms with van der Waals surface area (Å²) in [5.41, 5.74) is 0.671. The molecule has 0 saturated heterocycles. The molecule has 0 amide bonds. The lowest BCUT2D eigenvalue weighted by atomic mass is 10.1. The zero-order valence-corrected chi connectivity index (χ0v) is 15.7. The van der Waals surface area contributed by atoms with Gasteiger partial charge in [-0.15, -0.1) is 10.2 Å². The molecule has 4 nitrogen and oxygen atoms in total. The monoisotopic (exact) mass is 377 g/mol. The molecule has 1 N–H and O–H groups in total. The van der Waals surface area contributed by atoms with Gasteiger partial charge in [-0.1, -0.05) is 32.9 Å². The number of benzene rings is 1. The van der Waals surface area contributed by atoms with E-state index in [-0.39, 0.29) is 29.3 Å². The Balaban J connectivity index is 0.00000126. The van der Waals surface area contributed by atoms with Crippen molar-refractivity contribution in [3.63, 3.8) is 0 Å². The van der Waals surface area contributed by atoms with Gasteiger partial charge in [-0.25, -0.2) is 13.2 Å². The fraction of sp³-hybridized carbons (Fsp3) is 0.300. The molecule has 0 radical (unpaired) electrons. The van der Waals surface area contributed by atoms with Crippen LogP contribution in [0.2, 0.25) is 0 Å². The highest BCUT2D eigenvalue weighted by Crippen LogP contribution is 2.34. The summed E-state index contributed by atoms with van der Waals surface area (Å²) in [5.74, 6) is -2.33. The van der Waals surface area contributed by atoms with Crippen molar-refractivity contribution in [3.8, 4) is 0 Å². The molecule has 3 rings (SSSR count). The van der Waals surface area contributed by atoms with Crippen molar-refractivity contribution in [1.29, 1.82) is 0 Å². The molecule has 7 heteroatoms. The van der Waals surface area contributed by atoms with Crippen LogP contribution in [0.15, 0.2) is 52.1 Å². The van der Waals surface area contributed by atoms with Crippen LogP contribution < -0.4 is 5.32 Å². The van der Waals surface area contributed by atoms with E-state index in [1.54, 1.807) is 19.1 Å². The van der Waals surface area contributed by atoms with Crippen molar-refractivity contribution < 1.29 is 17.6 Å². The molecule has 0 unspecified atom stereocenters. The number of nitrogens with zero attached hydrogens (tertiary/aromatic N) is 2. The largest absolute Gasteiger partial charge is 0.421 e. The van der Waals surface area contributed by atoms with Gasteiger partial charge in [0, 0.05) is 6.42 Å². The standard InChI is InChI=1S/C18H16F3N3O.C2H6/c1-3-15-23-24-18(25-15)11-5-4-6-12(19)16(21)17(11)22-14-8-7-10(2)9-13(14)20;1-2/h5-9,22H,3-4H2,1-2H3;1-2H3. The van der Waals surface area contributed by atoms with Gasteiger partial charge in [0.1, 0.15) is 5.82 Å². The molecule has 1 aromatic heterocycles. The van der Waals surface area contributed by atoms with Crippen molar-refractivity contribution in [3.05, 3.63) is 70.9 Å². The molecule has 1 heterocycles. The number of halogens is 3. The van der Waals surface area contributed by atoms with Crippen molar-refractivity contribution >= 4 is 11.3 Å². The van der Waals surface area contributed by atoms with E-state index < -0.39 is 17.5 Å². The third-order valence-corrected chi connectivity index (χ3v) is 3.70. The first-order chi connectivity index (χ1) is 13.0. The second-order valence-electron chi connectivity index (χ2n) is 5.56. The number of rotatable bonds is 4. The fourth-order valence-electron chi connectivity index (χ4n) is 2.39. The molecule has 1 aliphatic rings. The van der Waals surface area contributed by atoms with E-state index >= 15 is 0 Å². The predicted octanol–water partition coefficient (Wildman–Crippen LogP) is 6.04. The average Bonchev–Trinajstić information content (AvgIpc) is 3.10. The smallest absolute Gasteiger partial charge is 0.249 e. The lowest BCUT2D eigenvalue weighted by Crippen LogP contribution is -2.07. The second-order valence-corrected chi connectivity index (χ2v) is 5.56. The average molecular weight is 377 g/mol. The second kappa shape index (κ2) is 9.21. The summed E-state index contributed by atoms with van der Waals surface area (Å²) in [6.45, 7) is 7.56. The first kappa shape index (κ1) is 20.5. The van der Waals surface area contributed by atoms with Gasteiger partial charge in [-0.3, -0.25) is 0 Å². The van der Waals surface area contributed by atoms with Gasteiger partial charge in [-0.2, -0.15) is 0 Å². The summed E-state index contributed by atoms with van der Waals surface area (Å²) in [5, 5.41) is 10.3. The Morgan fingerprint density at radius 1 is 1.11 bits per heavy atom. The molecule has 0 fully saturated rings. The molecule has 27 heavy (non-hydrogen) atoms. The highest BCUT2D eigenvalue weighted by atomic mass is 19.2.